The van der Waals surface area contributed by atoms with E-state index in [-0.39, 0.29) is 23.1 Å². The molecule has 38 heavy (non-hydrogen) atoms. The van der Waals surface area contributed by atoms with Crippen molar-refractivity contribution in [2.45, 2.75) is 44.4 Å². The molecule has 5 rings (SSSR count). The number of ketones is 2. The first kappa shape index (κ1) is 26.2. The molecule has 2 aliphatic carbocycles. The molecule has 0 saturated heterocycles. The van der Waals surface area contributed by atoms with Crippen LogP contribution in [0.15, 0.2) is 61.8 Å². The maximum absolute atomic E-state index is 13.2. The van der Waals surface area contributed by atoms with Crippen molar-refractivity contribution in [2.24, 2.45) is 0 Å². The van der Waals surface area contributed by atoms with E-state index in [2.05, 4.69) is 31.9 Å². The highest BCUT2D eigenvalue weighted by atomic mass is 79.9. The van der Waals surface area contributed by atoms with Crippen molar-refractivity contribution in [1.29, 1.82) is 0 Å². The van der Waals surface area contributed by atoms with Crippen LogP contribution in [0.4, 0.5) is 11.4 Å². The second-order valence-corrected chi connectivity index (χ2v) is 11.1. The minimum atomic E-state index is -0.748. The van der Waals surface area contributed by atoms with Crippen LogP contribution >= 0.6 is 31.9 Å². The van der Waals surface area contributed by atoms with Crippen molar-refractivity contribution in [2.75, 3.05) is 7.05 Å². The van der Waals surface area contributed by atoms with E-state index in [0.717, 1.165) is 49.2 Å². The maximum Gasteiger partial charge on any atom is 0.318 e. The van der Waals surface area contributed by atoms with Gasteiger partial charge < -0.3 is 9.64 Å². The molecule has 0 fully saturated rings. The molecule has 0 bridgehead atoms. The molecule has 3 aliphatic rings. The number of non-ortho nitro benzene ring substituents is 1. The number of benzene rings is 2. The number of nitro benzene ring substituents is 2. The molecule has 0 aromatic heterocycles. The number of carbonyl (C=O) groups excluding carboxylic acids is 2. The number of Topliss-reactive ketones (excluding diaryl/α,β-unsaturated/α-hetero) is 2. The summed E-state index contributed by atoms with van der Waals surface area (Å²) >= 11 is 6.99. The summed E-state index contributed by atoms with van der Waals surface area (Å²) in [7, 11) is 1.93. The van der Waals surface area contributed by atoms with Gasteiger partial charge >= 0.3 is 5.69 Å². The van der Waals surface area contributed by atoms with Crippen LogP contribution in [0.2, 0.25) is 0 Å². The maximum atomic E-state index is 13.2. The van der Waals surface area contributed by atoms with Gasteiger partial charge in [0.05, 0.1) is 24.9 Å². The van der Waals surface area contributed by atoms with Gasteiger partial charge in [-0.1, -0.05) is 0 Å². The summed E-state index contributed by atoms with van der Waals surface area (Å²) < 4.78 is 6.73. The molecular formula is C26H21Br2N3O7. The number of ether oxygens (including phenoxy) is 1. The lowest BCUT2D eigenvalue weighted by molar-refractivity contribution is -0.394. The second kappa shape index (κ2) is 10.1. The highest BCUT2D eigenvalue weighted by Crippen LogP contribution is 2.51. The number of nitro groups is 2. The second-order valence-electron chi connectivity index (χ2n) is 9.35. The Hall–Kier alpha value is -3.38. The van der Waals surface area contributed by atoms with Gasteiger partial charge in [0.2, 0.25) is 5.75 Å². The topological polar surface area (TPSA) is 133 Å². The molecule has 10 nitrogen and oxygen atoms in total. The van der Waals surface area contributed by atoms with E-state index >= 15 is 0 Å². The van der Waals surface area contributed by atoms with Gasteiger partial charge in [-0.3, -0.25) is 29.8 Å². The Morgan fingerprint density at radius 1 is 0.868 bits per heavy atom. The minimum absolute atomic E-state index is 0.0297. The van der Waals surface area contributed by atoms with Crippen LogP contribution in [-0.4, -0.2) is 33.4 Å². The zero-order valence-electron chi connectivity index (χ0n) is 20.2. The van der Waals surface area contributed by atoms with Gasteiger partial charge in [-0.05, 0) is 81.3 Å². The first-order chi connectivity index (χ1) is 18.1. The van der Waals surface area contributed by atoms with Crippen molar-refractivity contribution in [3.63, 3.8) is 0 Å². The van der Waals surface area contributed by atoms with E-state index < -0.39 is 27.1 Å². The van der Waals surface area contributed by atoms with Gasteiger partial charge in [0.15, 0.2) is 17.3 Å². The summed E-state index contributed by atoms with van der Waals surface area (Å²) in [5, 5.41) is 22.7. The van der Waals surface area contributed by atoms with Crippen molar-refractivity contribution in [3.05, 3.63) is 87.6 Å². The highest BCUT2D eigenvalue weighted by molar-refractivity contribution is 9.11. The van der Waals surface area contributed by atoms with E-state index in [1.165, 1.54) is 6.07 Å². The summed E-state index contributed by atoms with van der Waals surface area (Å²) in [6.07, 6.45) is 3.89. The number of nitrogens with zero attached hydrogens (tertiary/aromatic N) is 3. The molecule has 0 N–H and O–H groups in total. The minimum Gasteiger partial charge on any atom is -0.448 e. The van der Waals surface area contributed by atoms with E-state index in [1.54, 1.807) is 12.1 Å². The predicted octanol–water partition coefficient (Wildman–Crippen LogP) is 6.86. The molecule has 0 radical (unpaired) electrons. The van der Waals surface area contributed by atoms with Crippen LogP contribution in [0.25, 0.3) is 0 Å². The van der Waals surface area contributed by atoms with E-state index in [0.29, 0.717) is 38.5 Å². The Labute approximate surface area is 233 Å². The number of allylic oxidation sites excluding steroid dienone is 4. The summed E-state index contributed by atoms with van der Waals surface area (Å²) in [6, 6.07) is 6.66. The van der Waals surface area contributed by atoms with Crippen LogP contribution in [-0.2, 0) is 9.59 Å². The molecule has 1 heterocycles. The third kappa shape index (κ3) is 4.45. The van der Waals surface area contributed by atoms with E-state index in [4.69, 9.17) is 4.74 Å². The molecule has 0 unspecified atom stereocenters. The molecule has 196 valence electrons. The lowest BCUT2D eigenvalue weighted by Gasteiger charge is -2.42. The van der Waals surface area contributed by atoms with Crippen LogP contribution in [0.1, 0.15) is 50.0 Å². The lowest BCUT2D eigenvalue weighted by atomic mass is 9.71. The Morgan fingerprint density at radius 3 is 1.92 bits per heavy atom. The molecule has 1 aliphatic heterocycles. The van der Waals surface area contributed by atoms with Crippen molar-refractivity contribution < 1.29 is 24.2 Å². The molecule has 0 saturated carbocycles. The molecule has 2 aromatic rings. The third-order valence-electron chi connectivity index (χ3n) is 7.16. The zero-order valence-corrected chi connectivity index (χ0v) is 23.3. The van der Waals surface area contributed by atoms with Gasteiger partial charge in [0, 0.05) is 54.4 Å². The first-order valence-corrected chi connectivity index (χ1v) is 13.5. The van der Waals surface area contributed by atoms with E-state index in [9.17, 15) is 29.8 Å². The van der Waals surface area contributed by atoms with Crippen molar-refractivity contribution in [1.82, 2.24) is 4.90 Å². The predicted molar refractivity (Wildman–Crippen MR) is 144 cm³/mol. The molecule has 0 atom stereocenters. The van der Waals surface area contributed by atoms with Crippen LogP contribution in [0.5, 0.6) is 11.5 Å². The smallest absolute Gasteiger partial charge is 0.318 e. The number of rotatable bonds is 5. The fourth-order valence-corrected chi connectivity index (χ4v) is 6.87. The average molecular weight is 647 g/mol. The van der Waals surface area contributed by atoms with Gasteiger partial charge in [-0.15, -0.1) is 0 Å². The SMILES string of the molecule is CN1C2=C(C(=O)CCC2)C(c2cc(Br)c(Oc3ccc([N+](=O)[O-])cc3[N+](=O)[O-])c(Br)c2)C2=C1CCCC2=O. The average Bonchev–Trinajstić information content (AvgIpc) is 2.87. The molecule has 12 heteroatoms. The summed E-state index contributed by atoms with van der Waals surface area (Å²) in [5.74, 6) is -0.419. The fraction of sp³-hybridized carbons (Fsp3) is 0.308. The zero-order chi connectivity index (χ0) is 27.3. The summed E-state index contributed by atoms with van der Waals surface area (Å²) in [4.78, 5) is 49.6. The Kier molecular flexibility index (Phi) is 6.95. The monoisotopic (exact) mass is 645 g/mol. The van der Waals surface area contributed by atoms with Gasteiger partial charge in [-0.2, -0.15) is 0 Å². The van der Waals surface area contributed by atoms with Gasteiger partial charge in [-0.25, -0.2) is 0 Å². The van der Waals surface area contributed by atoms with Gasteiger partial charge in [0.1, 0.15) is 0 Å². The summed E-state index contributed by atoms with van der Waals surface area (Å²) in [5.41, 5.74) is 2.93. The lowest BCUT2D eigenvalue weighted by Crippen LogP contribution is -2.37. The molecule has 2 aromatic carbocycles. The Balaban J connectivity index is 1.61. The normalized spacial score (nSPS) is 17.9. The first-order valence-electron chi connectivity index (χ1n) is 11.9. The Bertz CT molecular complexity index is 1430. The standard InChI is InChI=1S/C26H21Br2N3O7/c1-29-17-4-2-6-20(32)24(17)23(25-18(29)5-3-7-21(25)33)13-10-15(27)26(16(28)11-13)38-22-9-8-14(30(34)35)12-19(22)31(36)37/h8-12,23H,2-7H2,1H3. The van der Waals surface area contributed by atoms with Gasteiger partial charge in [0.25, 0.3) is 5.69 Å². The van der Waals surface area contributed by atoms with Crippen LogP contribution in [0.3, 0.4) is 0 Å². The van der Waals surface area contributed by atoms with Crippen molar-refractivity contribution in [3.8, 4) is 11.5 Å². The summed E-state index contributed by atoms with van der Waals surface area (Å²) in [6.45, 7) is 0. The number of halogens is 2. The number of hydrogen-bond acceptors (Lipinski definition) is 8. The third-order valence-corrected chi connectivity index (χ3v) is 8.34. The van der Waals surface area contributed by atoms with Crippen molar-refractivity contribution >= 4 is 54.8 Å². The Morgan fingerprint density at radius 2 is 1.42 bits per heavy atom. The van der Waals surface area contributed by atoms with Crippen LogP contribution < -0.4 is 4.74 Å². The van der Waals surface area contributed by atoms with Crippen LogP contribution in [0, 0.1) is 20.2 Å². The number of carbonyl (C=O) groups is 2. The number of hydrogen-bond donors (Lipinski definition) is 0. The fourth-order valence-electron chi connectivity index (χ4n) is 5.49. The quantitative estimate of drug-likeness (QED) is 0.254. The highest BCUT2D eigenvalue weighted by Gasteiger charge is 2.42. The molecule has 0 spiro atoms. The largest absolute Gasteiger partial charge is 0.448 e. The molecule has 0 amide bonds. The molecular weight excluding hydrogens is 626 g/mol. The van der Waals surface area contributed by atoms with E-state index in [1.807, 2.05) is 11.9 Å².